The van der Waals surface area contributed by atoms with Crippen LogP contribution in [0.5, 0.6) is 0 Å². The molecule has 0 aliphatic carbocycles. The summed E-state index contributed by atoms with van der Waals surface area (Å²) in [6, 6.07) is 13.6. The number of nitrogens with zero attached hydrogens (tertiary/aromatic N) is 2. The molecule has 1 aliphatic heterocycles. The molecule has 102 valence electrons. The van der Waals surface area contributed by atoms with E-state index in [4.69, 9.17) is 0 Å². The van der Waals surface area contributed by atoms with Gasteiger partial charge < -0.3 is 9.47 Å². The van der Waals surface area contributed by atoms with Gasteiger partial charge in [-0.1, -0.05) is 18.2 Å². The summed E-state index contributed by atoms with van der Waals surface area (Å²) < 4.78 is 3.76. The summed E-state index contributed by atoms with van der Waals surface area (Å²) in [4.78, 5) is 2.56. The molecule has 1 aromatic carbocycles. The molecule has 0 radical (unpaired) electrons. The van der Waals surface area contributed by atoms with Gasteiger partial charge >= 0.3 is 0 Å². The van der Waals surface area contributed by atoms with Crippen LogP contribution in [-0.4, -0.2) is 17.7 Å². The molecule has 1 atom stereocenters. The largest absolute Gasteiger partial charge is 0.368 e. The average Bonchev–Trinajstić information content (AvgIpc) is 3.17. The van der Waals surface area contributed by atoms with Gasteiger partial charge in [-0.2, -0.15) is 0 Å². The Bertz CT molecular complexity index is 699. The van der Waals surface area contributed by atoms with E-state index in [2.05, 4.69) is 63.6 Å². The number of anilines is 1. The maximum atomic E-state index is 2.56. The van der Waals surface area contributed by atoms with E-state index in [9.17, 15) is 0 Å². The summed E-state index contributed by atoms with van der Waals surface area (Å²) in [6.07, 6.45) is 6.94. The number of hydrogen-bond donors (Lipinski definition) is 0. The Hall–Kier alpha value is -1.74. The number of hydrogen-bond acceptors (Lipinski definition) is 2. The number of benzene rings is 1. The topological polar surface area (TPSA) is 8.17 Å². The fourth-order valence-electron chi connectivity index (χ4n) is 3.22. The molecule has 0 bridgehead atoms. The number of thiophene rings is 1. The smallest absolute Gasteiger partial charge is 0.0555 e. The van der Waals surface area contributed by atoms with Crippen molar-refractivity contribution in [2.75, 3.05) is 18.0 Å². The van der Waals surface area contributed by atoms with Gasteiger partial charge in [-0.25, -0.2) is 0 Å². The van der Waals surface area contributed by atoms with Crippen LogP contribution in [0.1, 0.15) is 18.9 Å². The van der Waals surface area contributed by atoms with Crippen LogP contribution in [0.25, 0.3) is 10.1 Å². The van der Waals surface area contributed by atoms with Crippen molar-refractivity contribution in [3.05, 3.63) is 54.2 Å². The lowest BCUT2D eigenvalue weighted by atomic mass is 10.0. The molecule has 1 aliphatic rings. The third kappa shape index (κ3) is 2.02. The van der Waals surface area contributed by atoms with Crippen LogP contribution in [-0.2, 0) is 0 Å². The van der Waals surface area contributed by atoms with E-state index >= 15 is 0 Å². The summed E-state index contributed by atoms with van der Waals surface area (Å²) in [5.74, 6) is 0. The van der Waals surface area contributed by atoms with E-state index in [0.717, 1.165) is 6.54 Å². The maximum Gasteiger partial charge on any atom is 0.0555 e. The lowest BCUT2D eigenvalue weighted by molar-refractivity contribution is 0.407. The zero-order valence-electron chi connectivity index (χ0n) is 11.4. The minimum atomic E-state index is 0.609. The van der Waals surface area contributed by atoms with Crippen LogP contribution in [0.4, 0.5) is 5.69 Å². The number of piperidine rings is 1. The van der Waals surface area contributed by atoms with Crippen LogP contribution in [0, 0.1) is 0 Å². The highest BCUT2D eigenvalue weighted by atomic mass is 32.1. The molecular formula is C17H18N2S. The minimum Gasteiger partial charge on any atom is -0.368 e. The fourth-order valence-corrected chi connectivity index (χ4v) is 4.19. The quantitative estimate of drug-likeness (QED) is 0.669. The zero-order chi connectivity index (χ0) is 13.4. The number of rotatable bonds is 2. The number of aromatic nitrogens is 1. The molecule has 2 nitrogen and oxygen atoms in total. The van der Waals surface area contributed by atoms with E-state index in [-0.39, 0.29) is 0 Å². The van der Waals surface area contributed by atoms with Gasteiger partial charge in [0.25, 0.3) is 0 Å². The van der Waals surface area contributed by atoms with Crippen molar-refractivity contribution in [2.24, 2.45) is 0 Å². The summed E-state index contributed by atoms with van der Waals surface area (Å²) >= 11 is 1.86. The predicted molar refractivity (Wildman–Crippen MR) is 86.7 cm³/mol. The lowest BCUT2D eigenvalue weighted by Crippen LogP contribution is -2.36. The Morgan fingerprint density at radius 2 is 1.90 bits per heavy atom. The van der Waals surface area contributed by atoms with Crippen molar-refractivity contribution in [3.63, 3.8) is 0 Å². The second kappa shape index (κ2) is 4.98. The Balaban J connectivity index is 1.65. The molecule has 0 amide bonds. The Kier molecular flexibility index (Phi) is 3.00. The molecule has 1 fully saturated rings. The summed E-state index contributed by atoms with van der Waals surface area (Å²) in [6.45, 7) is 2.30. The Morgan fingerprint density at radius 1 is 1.05 bits per heavy atom. The molecule has 4 rings (SSSR count). The van der Waals surface area contributed by atoms with E-state index in [1.807, 2.05) is 11.3 Å². The van der Waals surface area contributed by atoms with Crippen molar-refractivity contribution in [1.29, 1.82) is 0 Å². The Labute approximate surface area is 123 Å². The first kappa shape index (κ1) is 12.0. The van der Waals surface area contributed by atoms with Gasteiger partial charge in [0.2, 0.25) is 0 Å². The van der Waals surface area contributed by atoms with Crippen LogP contribution in [0.3, 0.4) is 0 Å². The average molecular weight is 282 g/mol. The third-order valence-corrected chi connectivity index (χ3v) is 5.20. The van der Waals surface area contributed by atoms with Gasteiger partial charge in [-0.3, -0.25) is 0 Å². The van der Waals surface area contributed by atoms with Gasteiger partial charge in [0, 0.05) is 40.9 Å². The third-order valence-electron chi connectivity index (χ3n) is 4.25. The molecule has 2 aromatic heterocycles. The molecule has 3 aromatic rings. The molecule has 0 N–H and O–H groups in total. The normalized spacial score (nSPS) is 19.6. The van der Waals surface area contributed by atoms with Gasteiger partial charge in [-0.05, 0) is 31.0 Å². The monoisotopic (exact) mass is 282 g/mol. The van der Waals surface area contributed by atoms with Crippen molar-refractivity contribution >= 4 is 27.1 Å². The Morgan fingerprint density at radius 3 is 2.80 bits per heavy atom. The summed E-state index contributed by atoms with van der Waals surface area (Å²) in [5, 5.41) is 3.73. The zero-order valence-corrected chi connectivity index (χ0v) is 12.2. The standard InChI is InChI=1S/C17H18N2S/c1-2-8-17-15(7-1)16(13-20-17)19-11-5-6-14(12-19)18-9-3-4-10-18/h1-4,7-10,13-14H,5-6,11-12H2. The molecule has 3 heterocycles. The highest BCUT2D eigenvalue weighted by molar-refractivity contribution is 7.17. The highest BCUT2D eigenvalue weighted by Gasteiger charge is 2.22. The van der Waals surface area contributed by atoms with E-state index in [0.29, 0.717) is 6.04 Å². The van der Waals surface area contributed by atoms with Crippen molar-refractivity contribution in [3.8, 4) is 0 Å². The second-order valence-electron chi connectivity index (χ2n) is 5.49. The molecule has 1 unspecified atom stereocenters. The first-order valence-electron chi connectivity index (χ1n) is 7.25. The van der Waals surface area contributed by atoms with E-state index in [1.165, 1.54) is 35.2 Å². The second-order valence-corrected chi connectivity index (χ2v) is 6.40. The van der Waals surface area contributed by atoms with Crippen LogP contribution < -0.4 is 4.90 Å². The molecular weight excluding hydrogens is 264 g/mol. The van der Waals surface area contributed by atoms with E-state index < -0.39 is 0 Å². The van der Waals surface area contributed by atoms with Crippen molar-refractivity contribution in [1.82, 2.24) is 4.57 Å². The molecule has 3 heteroatoms. The molecule has 0 saturated carbocycles. The van der Waals surface area contributed by atoms with Crippen LogP contribution >= 0.6 is 11.3 Å². The van der Waals surface area contributed by atoms with Gasteiger partial charge in [0.15, 0.2) is 0 Å². The van der Waals surface area contributed by atoms with Crippen LogP contribution in [0.15, 0.2) is 54.2 Å². The first-order chi connectivity index (χ1) is 9.92. The van der Waals surface area contributed by atoms with Gasteiger partial charge in [-0.15, -0.1) is 11.3 Å². The van der Waals surface area contributed by atoms with Crippen LogP contribution in [0.2, 0.25) is 0 Å². The predicted octanol–water partition coefficient (Wildman–Crippen LogP) is 4.54. The minimum absolute atomic E-state index is 0.609. The fraction of sp³-hybridized carbons (Fsp3) is 0.294. The van der Waals surface area contributed by atoms with Crippen molar-refractivity contribution in [2.45, 2.75) is 18.9 Å². The SMILES string of the molecule is c1ccc2c(N3CCCC(n4cccc4)C3)csc2c1. The molecule has 20 heavy (non-hydrogen) atoms. The molecule has 0 spiro atoms. The summed E-state index contributed by atoms with van der Waals surface area (Å²) in [7, 11) is 0. The lowest BCUT2D eigenvalue weighted by Gasteiger charge is -2.35. The highest BCUT2D eigenvalue weighted by Crippen LogP contribution is 2.35. The maximum absolute atomic E-state index is 2.56. The summed E-state index contributed by atoms with van der Waals surface area (Å²) in [5.41, 5.74) is 1.42. The van der Waals surface area contributed by atoms with Gasteiger partial charge in [0.05, 0.1) is 11.7 Å². The van der Waals surface area contributed by atoms with Crippen molar-refractivity contribution < 1.29 is 0 Å². The first-order valence-corrected chi connectivity index (χ1v) is 8.13. The molecule has 1 saturated heterocycles. The number of fused-ring (bicyclic) bond motifs is 1. The van der Waals surface area contributed by atoms with Gasteiger partial charge in [0.1, 0.15) is 0 Å². The van der Waals surface area contributed by atoms with E-state index in [1.54, 1.807) is 0 Å².